The zero-order chi connectivity index (χ0) is 14.7. The van der Waals surface area contributed by atoms with Gasteiger partial charge < -0.3 is 11.5 Å². The summed E-state index contributed by atoms with van der Waals surface area (Å²) in [7, 11) is 0. The monoisotopic (exact) mass is 352 g/mol. The first-order valence-electron chi connectivity index (χ1n) is 7.83. The maximum atomic E-state index is 6.55. The molecule has 23 heavy (non-hydrogen) atoms. The van der Waals surface area contributed by atoms with Crippen molar-refractivity contribution < 1.29 is 0 Å². The van der Waals surface area contributed by atoms with Crippen LogP contribution in [0.5, 0.6) is 0 Å². The second-order valence-corrected chi connectivity index (χ2v) is 6.44. The lowest BCUT2D eigenvalue weighted by molar-refractivity contribution is 0.271. The normalized spacial score (nSPS) is 23.5. The molecule has 0 unspecified atom stereocenters. The molecule has 1 aliphatic rings. The molecule has 0 radical (unpaired) electrons. The lowest BCUT2D eigenvalue weighted by Crippen LogP contribution is -2.47. The van der Waals surface area contributed by atoms with Gasteiger partial charge in [0.2, 0.25) is 0 Å². The van der Waals surface area contributed by atoms with Crippen LogP contribution >= 0.6 is 24.8 Å². The molecule has 1 saturated carbocycles. The summed E-state index contributed by atoms with van der Waals surface area (Å²) < 4.78 is 0. The van der Waals surface area contributed by atoms with Crippen LogP contribution < -0.4 is 11.5 Å². The molecule has 2 nitrogen and oxygen atoms in total. The zero-order valence-corrected chi connectivity index (χ0v) is 14.9. The average Bonchev–Trinajstić information content (AvgIpc) is 2.52. The predicted octanol–water partition coefficient (Wildman–Crippen LogP) is 4.34. The van der Waals surface area contributed by atoms with E-state index in [0.29, 0.717) is 6.04 Å². The summed E-state index contributed by atoms with van der Waals surface area (Å²) in [6.07, 6.45) is 5.13. The fourth-order valence-corrected chi connectivity index (χ4v) is 3.24. The third kappa shape index (κ3) is 5.22. The van der Waals surface area contributed by atoms with Gasteiger partial charge in [-0.25, -0.2) is 0 Å². The Hall–Kier alpha value is -1.06. The van der Waals surface area contributed by atoms with Crippen LogP contribution in [0.4, 0.5) is 0 Å². The van der Waals surface area contributed by atoms with Crippen molar-refractivity contribution in [2.24, 2.45) is 11.5 Å². The number of halogens is 2. The topological polar surface area (TPSA) is 52.0 Å². The summed E-state index contributed by atoms with van der Waals surface area (Å²) >= 11 is 0. The van der Waals surface area contributed by atoms with Crippen LogP contribution in [0, 0.1) is 0 Å². The third-order valence-corrected chi connectivity index (χ3v) is 4.64. The van der Waals surface area contributed by atoms with Gasteiger partial charge in [0.15, 0.2) is 0 Å². The number of benzene rings is 2. The molecular formula is C19H26Cl2N2. The fourth-order valence-electron chi connectivity index (χ4n) is 3.24. The Labute approximate surface area is 151 Å². The molecular weight excluding hydrogens is 327 g/mol. The van der Waals surface area contributed by atoms with Crippen LogP contribution in [0.1, 0.15) is 31.2 Å². The summed E-state index contributed by atoms with van der Waals surface area (Å²) in [5, 5.41) is 0. The van der Waals surface area contributed by atoms with Crippen molar-refractivity contribution in [3.8, 4) is 11.1 Å². The zero-order valence-electron chi connectivity index (χ0n) is 13.3. The largest absolute Gasteiger partial charge is 0.328 e. The van der Waals surface area contributed by atoms with Gasteiger partial charge in [-0.2, -0.15) is 0 Å². The molecule has 1 fully saturated rings. The van der Waals surface area contributed by atoms with Gasteiger partial charge in [-0.3, -0.25) is 0 Å². The lowest BCUT2D eigenvalue weighted by atomic mass is 9.76. The van der Waals surface area contributed by atoms with E-state index in [2.05, 4.69) is 48.5 Å². The van der Waals surface area contributed by atoms with Crippen molar-refractivity contribution in [1.82, 2.24) is 0 Å². The van der Waals surface area contributed by atoms with Crippen LogP contribution in [-0.4, -0.2) is 11.6 Å². The summed E-state index contributed by atoms with van der Waals surface area (Å²) in [4.78, 5) is 0. The van der Waals surface area contributed by atoms with Crippen LogP contribution in [0.25, 0.3) is 11.1 Å². The van der Waals surface area contributed by atoms with Crippen LogP contribution in [-0.2, 0) is 6.42 Å². The van der Waals surface area contributed by atoms with E-state index in [1.807, 2.05) is 6.07 Å². The number of nitrogens with two attached hydrogens (primary N) is 2. The number of hydrogen-bond acceptors (Lipinski definition) is 2. The minimum atomic E-state index is -0.0653. The SMILES string of the molecule is Cl.Cl.NC1CCC(N)(Cc2ccc(-c3ccccc3)cc2)CC1. The second-order valence-electron chi connectivity index (χ2n) is 6.44. The molecule has 0 atom stereocenters. The molecule has 0 aliphatic heterocycles. The highest BCUT2D eigenvalue weighted by Gasteiger charge is 2.30. The van der Waals surface area contributed by atoms with Crippen LogP contribution in [0.3, 0.4) is 0 Å². The Morgan fingerprint density at radius 3 is 1.91 bits per heavy atom. The smallest absolute Gasteiger partial charge is 0.0196 e. The van der Waals surface area contributed by atoms with E-state index in [1.54, 1.807) is 0 Å². The molecule has 2 aromatic carbocycles. The molecule has 1 aliphatic carbocycles. The second kappa shape index (κ2) is 8.70. The van der Waals surface area contributed by atoms with Gasteiger partial charge in [-0.1, -0.05) is 54.6 Å². The van der Waals surface area contributed by atoms with Gasteiger partial charge in [-0.15, -0.1) is 24.8 Å². The molecule has 4 N–H and O–H groups in total. The molecule has 0 bridgehead atoms. The highest BCUT2D eigenvalue weighted by atomic mass is 35.5. The first-order chi connectivity index (χ1) is 10.1. The predicted molar refractivity (Wildman–Crippen MR) is 103 cm³/mol. The van der Waals surface area contributed by atoms with E-state index in [-0.39, 0.29) is 30.4 Å². The van der Waals surface area contributed by atoms with Gasteiger partial charge in [0.25, 0.3) is 0 Å². The van der Waals surface area contributed by atoms with Crippen molar-refractivity contribution in [2.75, 3.05) is 0 Å². The summed E-state index contributed by atoms with van der Waals surface area (Å²) in [6, 6.07) is 19.6. The maximum absolute atomic E-state index is 6.55. The van der Waals surface area contributed by atoms with Gasteiger partial charge >= 0.3 is 0 Å². The average molecular weight is 353 g/mol. The quantitative estimate of drug-likeness (QED) is 0.863. The van der Waals surface area contributed by atoms with Gasteiger partial charge in [0.1, 0.15) is 0 Å². The Morgan fingerprint density at radius 2 is 1.35 bits per heavy atom. The Morgan fingerprint density at radius 1 is 0.826 bits per heavy atom. The third-order valence-electron chi connectivity index (χ3n) is 4.64. The molecule has 2 aromatic rings. The van der Waals surface area contributed by atoms with E-state index in [0.717, 1.165) is 32.1 Å². The number of rotatable bonds is 3. The molecule has 0 amide bonds. The number of hydrogen-bond donors (Lipinski definition) is 2. The van der Waals surface area contributed by atoms with Crippen molar-refractivity contribution in [3.63, 3.8) is 0 Å². The summed E-state index contributed by atoms with van der Waals surface area (Å²) in [5.74, 6) is 0. The van der Waals surface area contributed by atoms with Crippen LogP contribution in [0.2, 0.25) is 0 Å². The van der Waals surface area contributed by atoms with Crippen molar-refractivity contribution in [3.05, 3.63) is 60.2 Å². The molecule has 0 aromatic heterocycles. The standard InChI is InChI=1S/C19H24N2.2ClH/c20-18-10-12-19(21,13-11-18)14-15-6-8-17(9-7-15)16-4-2-1-3-5-16;;/h1-9,18H,10-14,20-21H2;2*1H. The first kappa shape index (κ1) is 20.0. The molecule has 0 saturated heterocycles. The lowest BCUT2D eigenvalue weighted by Gasteiger charge is -2.36. The highest BCUT2D eigenvalue weighted by molar-refractivity contribution is 5.85. The van der Waals surface area contributed by atoms with E-state index in [4.69, 9.17) is 11.5 Å². The fraction of sp³-hybridized carbons (Fsp3) is 0.368. The Bertz CT molecular complexity index is 576. The van der Waals surface area contributed by atoms with Crippen molar-refractivity contribution in [1.29, 1.82) is 0 Å². The van der Waals surface area contributed by atoms with Gasteiger partial charge in [0, 0.05) is 11.6 Å². The minimum absolute atomic E-state index is 0. The maximum Gasteiger partial charge on any atom is 0.0196 e. The van der Waals surface area contributed by atoms with E-state index < -0.39 is 0 Å². The minimum Gasteiger partial charge on any atom is -0.328 e. The van der Waals surface area contributed by atoms with E-state index >= 15 is 0 Å². The molecule has 0 heterocycles. The summed E-state index contributed by atoms with van der Waals surface area (Å²) in [5.41, 5.74) is 16.3. The van der Waals surface area contributed by atoms with E-state index in [9.17, 15) is 0 Å². The summed E-state index contributed by atoms with van der Waals surface area (Å²) in [6.45, 7) is 0. The Balaban J connectivity index is 0.00000132. The molecule has 3 rings (SSSR count). The highest BCUT2D eigenvalue weighted by Crippen LogP contribution is 2.29. The van der Waals surface area contributed by atoms with E-state index in [1.165, 1.54) is 16.7 Å². The molecule has 126 valence electrons. The van der Waals surface area contributed by atoms with Gasteiger partial charge in [0.05, 0.1) is 0 Å². The Kier molecular flexibility index (Phi) is 7.56. The first-order valence-corrected chi connectivity index (χ1v) is 7.83. The molecule has 4 heteroatoms. The van der Waals surface area contributed by atoms with Crippen molar-refractivity contribution in [2.45, 2.75) is 43.7 Å². The molecule has 0 spiro atoms. The van der Waals surface area contributed by atoms with Crippen molar-refractivity contribution >= 4 is 24.8 Å². The van der Waals surface area contributed by atoms with Crippen LogP contribution in [0.15, 0.2) is 54.6 Å². The van der Waals surface area contributed by atoms with Gasteiger partial charge in [-0.05, 0) is 48.8 Å².